The molecule has 0 heterocycles. The van der Waals surface area contributed by atoms with Crippen LogP contribution in [0.15, 0.2) is 12.7 Å². The first kappa shape index (κ1) is 18.6. The quantitative estimate of drug-likeness (QED) is 0.313. The van der Waals surface area contributed by atoms with E-state index in [0.29, 0.717) is 19.4 Å². The second kappa shape index (κ2) is 12.7. The van der Waals surface area contributed by atoms with Gasteiger partial charge in [-0.2, -0.15) is 0 Å². The van der Waals surface area contributed by atoms with Crippen molar-refractivity contribution in [3.8, 4) is 0 Å². The van der Waals surface area contributed by atoms with Gasteiger partial charge in [0.15, 0.2) is 6.10 Å². The fourth-order valence-electron chi connectivity index (χ4n) is 1.41. The van der Waals surface area contributed by atoms with Gasteiger partial charge in [-0.1, -0.05) is 19.9 Å². The predicted molar refractivity (Wildman–Crippen MR) is 76.3 cm³/mol. The van der Waals surface area contributed by atoms with Crippen molar-refractivity contribution in [2.24, 2.45) is 0 Å². The Kier molecular flexibility index (Phi) is 11.8. The summed E-state index contributed by atoms with van der Waals surface area (Å²) >= 11 is 0. The van der Waals surface area contributed by atoms with Crippen molar-refractivity contribution in [2.45, 2.75) is 52.1 Å². The Balaban J connectivity index is 4.12. The highest BCUT2D eigenvalue weighted by Gasteiger charge is 2.16. The number of ether oxygens (including phenoxy) is 3. The number of carbonyl (C=O) groups excluding carboxylic acids is 2. The number of carbonyl (C=O) groups is 2. The summed E-state index contributed by atoms with van der Waals surface area (Å²) in [6.07, 6.45) is 4.11. The second-order valence-corrected chi connectivity index (χ2v) is 4.45. The monoisotopic (exact) mass is 286 g/mol. The molecule has 116 valence electrons. The third-order valence-electron chi connectivity index (χ3n) is 2.41. The zero-order valence-electron chi connectivity index (χ0n) is 12.6. The Morgan fingerprint density at radius 1 is 1.10 bits per heavy atom. The number of hydrogen-bond donors (Lipinski definition) is 0. The molecule has 5 heteroatoms. The highest BCUT2D eigenvalue weighted by Crippen LogP contribution is 2.02. The van der Waals surface area contributed by atoms with Gasteiger partial charge in [-0.3, -0.25) is 9.59 Å². The fourth-order valence-corrected chi connectivity index (χ4v) is 1.41. The maximum absolute atomic E-state index is 11.5. The third kappa shape index (κ3) is 10.6. The predicted octanol–water partition coefficient (Wildman–Crippen LogP) is 2.63. The van der Waals surface area contributed by atoms with Crippen molar-refractivity contribution in [3.05, 3.63) is 12.7 Å². The van der Waals surface area contributed by atoms with Gasteiger partial charge in [0, 0.05) is 12.8 Å². The molecule has 0 spiro atoms. The van der Waals surface area contributed by atoms with E-state index in [2.05, 4.69) is 6.58 Å². The smallest absolute Gasteiger partial charge is 0.306 e. The van der Waals surface area contributed by atoms with Crippen LogP contribution in [0, 0.1) is 0 Å². The Morgan fingerprint density at radius 3 is 2.35 bits per heavy atom. The lowest BCUT2D eigenvalue weighted by Crippen LogP contribution is -2.29. The van der Waals surface area contributed by atoms with Gasteiger partial charge in [-0.25, -0.2) is 0 Å². The number of rotatable bonds is 12. The second-order valence-electron chi connectivity index (χ2n) is 4.45. The molecule has 0 aliphatic heterocycles. The van der Waals surface area contributed by atoms with Crippen LogP contribution in [0.4, 0.5) is 0 Å². The Bertz CT molecular complexity index is 288. The van der Waals surface area contributed by atoms with E-state index >= 15 is 0 Å². The standard InChI is InChI=1S/C15H26O5/c1-4-7-10-18-11-13(20-15(17)9-6-3)12-19-14(16)8-5-2/h4,13H,1,5-12H2,2-3H3. The summed E-state index contributed by atoms with van der Waals surface area (Å²) in [4.78, 5) is 22.8. The zero-order chi connectivity index (χ0) is 15.2. The Morgan fingerprint density at radius 2 is 1.75 bits per heavy atom. The normalized spacial score (nSPS) is 11.7. The van der Waals surface area contributed by atoms with Gasteiger partial charge in [0.25, 0.3) is 0 Å². The first-order valence-corrected chi connectivity index (χ1v) is 7.17. The maximum atomic E-state index is 11.5. The molecule has 5 nitrogen and oxygen atoms in total. The molecule has 0 rings (SSSR count). The van der Waals surface area contributed by atoms with E-state index in [-0.39, 0.29) is 25.2 Å². The van der Waals surface area contributed by atoms with E-state index in [0.717, 1.165) is 19.3 Å². The van der Waals surface area contributed by atoms with Crippen LogP contribution >= 0.6 is 0 Å². The molecule has 1 atom stereocenters. The van der Waals surface area contributed by atoms with Crippen molar-refractivity contribution in [3.63, 3.8) is 0 Å². The highest BCUT2D eigenvalue weighted by molar-refractivity contribution is 5.70. The van der Waals surface area contributed by atoms with E-state index in [1.54, 1.807) is 6.08 Å². The maximum Gasteiger partial charge on any atom is 0.306 e. The average Bonchev–Trinajstić information content (AvgIpc) is 2.41. The van der Waals surface area contributed by atoms with Crippen LogP contribution in [-0.4, -0.2) is 37.9 Å². The van der Waals surface area contributed by atoms with Gasteiger partial charge in [0.05, 0.1) is 13.2 Å². The first-order valence-electron chi connectivity index (χ1n) is 7.17. The average molecular weight is 286 g/mol. The molecule has 0 N–H and O–H groups in total. The van der Waals surface area contributed by atoms with Crippen molar-refractivity contribution in [1.29, 1.82) is 0 Å². The van der Waals surface area contributed by atoms with Crippen LogP contribution in [0.5, 0.6) is 0 Å². The van der Waals surface area contributed by atoms with E-state index in [1.807, 2.05) is 13.8 Å². The lowest BCUT2D eigenvalue weighted by Gasteiger charge is -2.18. The van der Waals surface area contributed by atoms with Crippen molar-refractivity contribution in [1.82, 2.24) is 0 Å². The summed E-state index contributed by atoms with van der Waals surface area (Å²) in [6, 6.07) is 0. The molecule has 0 fully saturated rings. The molecule has 0 aliphatic carbocycles. The lowest BCUT2D eigenvalue weighted by molar-refractivity contribution is -0.162. The van der Waals surface area contributed by atoms with Gasteiger partial charge < -0.3 is 14.2 Å². The van der Waals surface area contributed by atoms with E-state index in [4.69, 9.17) is 14.2 Å². The lowest BCUT2D eigenvalue weighted by atomic mass is 10.3. The van der Waals surface area contributed by atoms with Crippen LogP contribution < -0.4 is 0 Å². The van der Waals surface area contributed by atoms with Gasteiger partial charge in [-0.05, 0) is 19.3 Å². The summed E-state index contributed by atoms with van der Waals surface area (Å²) in [5.41, 5.74) is 0. The summed E-state index contributed by atoms with van der Waals surface area (Å²) in [7, 11) is 0. The van der Waals surface area contributed by atoms with Gasteiger partial charge in [0.2, 0.25) is 0 Å². The molecule has 0 amide bonds. The minimum Gasteiger partial charge on any atom is -0.462 e. The molecule has 0 radical (unpaired) electrons. The van der Waals surface area contributed by atoms with Crippen molar-refractivity contribution in [2.75, 3.05) is 19.8 Å². The van der Waals surface area contributed by atoms with Gasteiger partial charge in [-0.15, -0.1) is 6.58 Å². The van der Waals surface area contributed by atoms with Crippen LogP contribution in [0.2, 0.25) is 0 Å². The van der Waals surface area contributed by atoms with E-state index in [1.165, 1.54) is 0 Å². The number of esters is 2. The van der Waals surface area contributed by atoms with Gasteiger partial charge >= 0.3 is 11.9 Å². The van der Waals surface area contributed by atoms with Crippen molar-refractivity contribution < 1.29 is 23.8 Å². The zero-order valence-corrected chi connectivity index (χ0v) is 12.6. The number of hydrogen-bond acceptors (Lipinski definition) is 5. The van der Waals surface area contributed by atoms with Crippen LogP contribution in [-0.2, 0) is 23.8 Å². The molecule has 0 saturated heterocycles. The van der Waals surface area contributed by atoms with Crippen LogP contribution in [0.25, 0.3) is 0 Å². The van der Waals surface area contributed by atoms with E-state index < -0.39 is 6.10 Å². The SMILES string of the molecule is C=CCCOCC(COC(=O)CCC)OC(=O)CCC. The van der Waals surface area contributed by atoms with Gasteiger partial charge in [0.1, 0.15) is 6.61 Å². The molecule has 0 aromatic heterocycles. The van der Waals surface area contributed by atoms with Crippen LogP contribution in [0.3, 0.4) is 0 Å². The highest BCUT2D eigenvalue weighted by atomic mass is 16.6. The fraction of sp³-hybridized carbons (Fsp3) is 0.733. The molecular formula is C15H26O5. The summed E-state index contributed by atoms with van der Waals surface area (Å²) in [5, 5.41) is 0. The molecule has 0 aromatic rings. The van der Waals surface area contributed by atoms with Crippen LogP contribution in [0.1, 0.15) is 46.0 Å². The van der Waals surface area contributed by atoms with Crippen molar-refractivity contribution >= 4 is 11.9 Å². The summed E-state index contributed by atoms with van der Waals surface area (Å²) in [6.45, 7) is 8.17. The van der Waals surface area contributed by atoms with E-state index in [9.17, 15) is 9.59 Å². The minimum absolute atomic E-state index is 0.0440. The molecule has 0 saturated carbocycles. The molecular weight excluding hydrogens is 260 g/mol. The molecule has 0 aromatic carbocycles. The third-order valence-corrected chi connectivity index (χ3v) is 2.41. The molecule has 20 heavy (non-hydrogen) atoms. The topological polar surface area (TPSA) is 61.8 Å². The largest absolute Gasteiger partial charge is 0.462 e. The summed E-state index contributed by atoms with van der Waals surface area (Å²) < 4.78 is 15.7. The molecule has 1 unspecified atom stereocenters. The first-order chi connectivity index (χ1) is 9.63. The Labute approximate surface area is 121 Å². The Hall–Kier alpha value is -1.36. The summed E-state index contributed by atoms with van der Waals surface area (Å²) in [5.74, 6) is -0.577. The molecule has 0 bridgehead atoms. The minimum atomic E-state index is -0.542. The molecule has 0 aliphatic rings.